The van der Waals surface area contributed by atoms with Gasteiger partial charge in [-0.25, -0.2) is 4.79 Å². The summed E-state index contributed by atoms with van der Waals surface area (Å²) in [6.07, 6.45) is 0. The number of ether oxygens (including phenoxy) is 1. The van der Waals surface area contributed by atoms with E-state index in [1.807, 2.05) is 18.2 Å². The monoisotopic (exact) mass is 266 g/mol. The quantitative estimate of drug-likeness (QED) is 0.485. The first-order valence-corrected chi connectivity index (χ1v) is 6.11. The van der Waals surface area contributed by atoms with E-state index < -0.39 is 5.97 Å². The molecule has 0 aliphatic heterocycles. The molecular weight excluding hydrogens is 252 g/mol. The number of rotatable bonds is 4. The Morgan fingerprint density at radius 2 is 1.50 bits per heavy atom. The Hall–Kier alpha value is -2.68. The number of carbonyl (C=O) groups is 2. The third kappa shape index (κ3) is 2.83. The van der Waals surface area contributed by atoms with Crippen LogP contribution < -0.4 is 0 Å². The van der Waals surface area contributed by atoms with Crippen molar-refractivity contribution in [3.05, 3.63) is 77.9 Å². The highest BCUT2D eigenvalue weighted by atomic mass is 16.5. The maximum absolute atomic E-state index is 12.3. The van der Waals surface area contributed by atoms with Gasteiger partial charge in [0, 0.05) is 11.1 Å². The molecule has 20 heavy (non-hydrogen) atoms. The molecule has 3 heteroatoms. The summed E-state index contributed by atoms with van der Waals surface area (Å²) in [6.45, 7) is 3.68. The molecule has 0 atom stereocenters. The normalized spacial score (nSPS) is 9.85. The van der Waals surface area contributed by atoms with Gasteiger partial charge in [0.25, 0.3) is 0 Å². The number of esters is 1. The smallest absolute Gasteiger partial charge is 0.337 e. The molecule has 2 aromatic carbocycles. The van der Waals surface area contributed by atoms with Gasteiger partial charge < -0.3 is 4.74 Å². The molecule has 0 saturated carbocycles. The number of methoxy groups -OCH3 is 1. The zero-order chi connectivity index (χ0) is 14.5. The molecule has 0 N–H and O–H groups in total. The topological polar surface area (TPSA) is 43.4 Å². The molecule has 0 fully saturated rings. The maximum atomic E-state index is 12.3. The summed E-state index contributed by atoms with van der Waals surface area (Å²) in [7, 11) is 1.30. The van der Waals surface area contributed by atoms with E-state index in [0.29, 0.717) is 16.7 Å². The van der Waals surface area contributed by atoms with Crippen LogP contribution >= 0.6 is 0 Å². The van der Waals surface area contributed by atoms with Gasteiger partial charge >= 0.3 is 5.97 Å². The van der Waals surface area contributed by atoms with Crippen LogP contribution in [0.4, 0.5) is 0 Å². The molecule has 0 aliphatic carbocycles. The fourth-order valence-electron chi connectivity index (χ4n) is 1.85. The SMILES string of the molecule is C=C(C(=O)OC)c1cccc(C(=O)c2ccccc2)c1. The average Bonchev–Trinajstić information content (AvgIpc) is 2.53. The Labute approximate surface area is 117 Å². The summed E-state index contributed by atoms with van der Waals surface area (Å²) in [5, 5.41) is 0. The Balaban J connectivity index is 2.33. The second kappa shape index (κ2) is 5.97. The fourth-order valence-corrected chi connectivity index (χ4v) is 1.85. The van der Waals surface area contributed by atoms with E-state index >= 15 is 0 Å². The van der Waals surface area contributed by atoms with Crippen LogP contribution in [0.25, 0.3) is 5.57 Å². The highest BCUT2D eigenvalue weighted by molar-refractivity contribution is 6.16. The van der Waals surface area contributed by atoms with E-state index in [4.69, 9.17) is 0 Å². The molecule has 0 radical (unpaired) electrons. The molecule has 0 saturated heterocycles. The van der Waals surface area contributed by atoms with E-state index in [0.717, 1.165) is 0 Å². The lowest BCUT2D eigenvalue weighted by Gasteiger charge is -2.06. The Morgan fingerprint density at radius 1 is 0.900 bits per heavy atom. The Morgan fingerprint density at radius 3 is 2.15 bits per heavy atom. The van der Waals surface area contributed by atoms with Crippen LogP contribution in [-0.2, 0) is 9.53 Å². The van der Waals surface area contributed by atoms with Gasteiger partial charge in [0.15, 0.2) is 5.78 Å². The summed E-state index contributed by atoms with van der Waals surface area (Å²) in [5.41, 5.74) is 1.93. The molecule has 0 aliphatic rings. The third-order valence-corrected chi connectivity index (χ3v) is 2.94. The molecule has 2 aromatic rings. The molecule has 3 nitrogen and oxygen atoms in total. The first-order valence-electron chi connectivity index (χ1n) is 6.11. The molecule has 2 rings (SSSR count). The van der Waals surface area contributed by atoms with Crippen molar-refractivity contribution >= 4 is 17.3 Å². The van der Waals surface area contributed by atoms with Crippen molar-refractivity contribution in [1.29, 1.82) is 0 Å². The van der Waals surface area contributed by atoms with E-state index in [-0.39, 0.29) is 11.4 Å². The van der Waals surface area contributed by atoms with Crippen molar-refractivity contribution in [2.45, 2.75) is 0 Å². The van der Waals surface area contributed by atoms with Gasteiger partial charge in [0.1, 0.15) is 0 Å². The Bertz CT molecular complexity index is 657. The minimum Gasteiger partial charge on any atom is -0.465 e. The highest BCUT2D eigenvalue weighted by Gasteiger charge is 2.13. The molecule has 0 amide bonds. The van der Waals surface area contributed by atoms with Gasteiger partial charge in [-0.2, -0.15) is 0 Å². The van der Waals surface area contributed by atoms with E-state index in [2.05, 4.69) is 11.3 Å². The van der Waals surface area contributed by atoms with Crippen molar-refractivity contribution in [3.63, 3.8) is 0 Å². The second-order valence-electron chi connectivity index (χ2n) is 4.25. The minimum absolute atomic E-state index is 0.0925. The Kier molecular flexibility index (Phi) is 4.11. The molecule has 0 aromatic heterocycles. The summed E-state index contributed by atoms with van der Waals surface area (Å²) in [4.78, 5) is 23.8. The summed E-state index contributed by atoms with van der Waals surface area (Å²) in [5.74, 6) is -0.598. The zero-order valence-electron chi connectivity index (χ0n) is 11.1. The summed E-state index contributed by atoms with van der Waals surface area (Å²) >= 11 is 0. The van der Waals surface area contributed by atoms with E-state index in [1.165, 1.54) is 7.11 Å². The molecule has 100 valence electrons. The highest BCUT2D eigenvalue weighted by Crippen LogP contribution is 2.17. The molecule has 0 unspecified atom stereocenters. The lowest BCUT2D eigenvalue weighted by Crippen LogP contribution is -2.05. The number of benzene rings is 2. The van der Waals surface area contributed by atoms with Crippen LogP contribution in [0.5, 0.6) is 0 Å². The number of carbonyl (C=O) groups excluding carboxylic acids is 2. The zero-order valence-corrected chi connectivity index (χ0v) is 11.1. The first kappa shape index (κ1) is 13.7. The number of hydrogen-bond donors (Lipinski definition) is 0. The van der Waals surface area contributed by atoms with Crippen molar-refractivity contribution in [3.8, 4) is 0 Å². The first-order chi connectivity index (χ1) is 9.63. The van der Waals surface area contributed by atoms with Crippen molar-refractivity contribution in [2.24, 2.45) is 0 Å². The minimum atomic E-state index is -0.505. The van der Waals surface area contributed by atoms with Crippen LogP contribution in [0.3, 0.4) is 0 Å². The predicted octanol–water partition coefficient (Wildman–Crippen LogP) is 3.10. The number of hydrogen-bond acceptors (Lipinski definition) is 3. The van der Waals surface area contributed by atoms with Gasteiger partial charge in [0.05, 0.1) is 12.7 Å². The van der Waals surface area contributed by atoms with Gasteiger partial charge in [-0.3, -0.25) is 4.79 Å². The lowest BCUT2D eigenvalue weighted by molar-refractivity contribution is -0.133. The summed E-state index contributed by atoms with van der Waals surface area (Å²) < 4.78 is 4.63. The van der Waals surface area contributed by atoms with Crippen molar-refractivity contribution in [1.82, 2.24) is 0 Å². The number of ketones is 1. The lowest BCUT2D eigenvalue weighted by atomic mass is 9.99. The largest absolute Gasteiger partial charge is 0.465 e. The van der Waals surface area contributed by atoms with Crippen molar-refractivity contribution in [2.75, 3.05) is 7.11 Å². The second-order valence-corrected chi connectivity index (χ2v) is 4.25. The van der Waals surface area contributed by atoms with Crippen molar-refractivity contribution < 1.29 is 14.3 Å². The van der Waals surface area contributed by atoms with E-state index in [1.54, 1.807) is 36.4 Å². The van der Waals surface area contributed by atoms with Crippen LogP contribution in [0.1, 0.15) is 21.5 Å². The molecule has 0 bridgehead atoms. The van der Waals surface area contributed by atoms with Gasteiger partial charge in [-0.15, -0.1) is 0 Å². The maximum Gasteiger partial charge on any atom is 0.337 e. The van der Waals surface area contributed by atoms with E-state index in [9.17, 15) is 9.59 Å². The van der Waals surface area contributed by atoms with Crippen LogP contribution in [0.15, 0.2) is 61.2 Å². The standard InChI is InChI=1S/C17H14O3/c1-12(17(19)20-2)14-9-6-10-15(11-14)16(18)13-7-4-3-5-8-13/h3-11H,1H2,2H3. The van der Waals surface area contributed by atoms with Gasteiger partial charge in [-0.1, -0.05) is 55.1 Å². The van der Waals surface area contributed by atoms with Crippen LogP contribution in [0.2, 0.25) is 0 Å². The fraction of sp³-hybridized carbons (Fsp3) is 0.0588. The third-order valence-electron chi connectivity index (χ3n) is 2.94. The van der Waals surface area contributed by atoms with Gasteiger partial charge in [0.2, 0.25) is 0 Å². The predicted molar refractivity (Wildman–Crippen MR) is 77.4 cm³/mol. The summed E-state index contributed by atoms with van der Waals surface area (Å²) in [6, 6.07) is 15.8. The van der Waals surface area contributed by atoms with Crippen LogP contribution in [-0.4, -0.2) is 18.9 Å². The average molecular weight is 266 g/mol. The molecular formula is C17H14O3. The van der Waals surface area contributed by atoms with Crippen LogP contribution in [0, 0.1) is 0 Å². The molecule has 0 spiro atoms. The molecule has 0 heterocycles. The van der Waals surface area contributed by atoms with Gasteiger partial charge in [-0.05, 0) is 11.6 Å².